The summed E-state index contributed by atoms with van der Waals surface area (Å²) in [5.41, 5.74) is 3.52. The van der Waals surface area contributed by atoms with Crippen molar-refractivity contribution in [1.29, 1.82) is 0 Å². The van der Waals surface area contributed by atoms with E-state index in [1.807, 2.05) is 24.3 Å². The fraction of sp³-hybridized carbons (Fsp3) is 0.0909. The largest absolute Gasteiger partial charge is 0.342 e. The van der Waals surface area contributed by atoms with E-state index in [2.05, 4.69) is 25.6 Å². The van der Waals surface area contributed by atoms with Crippen molar-refractivity contribution in [2.45, 2.75) is 12.8 Å². The van der Waals surface area contributed by atoms with Crippen molar-refractivity contribution >= 4 is 34.2 Å². The standard InChI is InChI=1S/C22H19N5O2/c28-21(11-10-20-26-18-8-1-2-9-19(18)27-20)24-16-6-3-7-17(13-16)25-22(29)15-5-4-12-23-14-15/h1-9,12-14H,10-11H2,(H,24,28)(H,25,29)(H,26,27). The molecule has 4 rings (SSSR count). The highest BCUT2D eigenvalue weighted by Crippen LogP contribution is 2.17. The molecule has 7 heteroatoms. The average molecular weight is 385 g/mol. The molecule has 2 heterocycles. The number of aromatic nitrogens is 3. The summed E-state index contributed by atoms with van der Waals surface area (Å²) < 4.78 is 0. The van der Waals surface area contributed by atoms with E-state index in [9.17, 15) is 9.59 Å². The highest BCUT2D eigenvalue weighted by molar-refractivity contribution is 6.04. The molecule has 0 unspecified atom stereocenters. The molecule has 0 spiro atoms. The van der Waals surface area contributed by atoms with Crippen LogP contribution in [0, 0.1) is 0 Å². The lowest BCUT2D eigenvalue weighted by Crippen LogP contribution is -2.14. The highest BCUT2D eigenvalue weighted by Gasteiger charge is 2.09. The molecule has 29 heavy (non-hydrogen) atoms. The minimum absolute atomic E-state index is 0.124. The summed E-state index contributed by atoms with van der Waals surface area (Å²) in [4.78, 5) is 36.2. The van der Waals surface area contributed by atoms with Gasteiger partial charge < -0.3 is 15.6 Å². The Morgan fingerprint density at radius 3 is 2.55 bits per heavy atom. The Labute approximate surface area is 167 Å². The number of carbonyl (C=O) groups excluding carboxylic acids is 2. The number of imidazole rings is 1. The van der Waals surface area contributed by atoms with E-state index in [0.29, 0.717) is 29.8 Å². The lowest BCUT2D eigenvalue weighted by atomic mass is 10.2. The molecule has 4 aromatic rings. The number of aryl methyl sites for hydroxylation is 1. The zero-order chi connectivity index (χ0) is 20.1. The SMILES string of the molecule is O=C(CCc1nc2ccccc2[nH]1)Nc1cccc(NC(=O)c2cccnc2)c1. The summed E-state index contributed by atoms with van der Waals surface area (Å²) in [5, 5.41) is 5.65. The molecule has 0 bridgehead atoms. The first-order chi connectivity index (χ1) is 14.2. The Hall–Kier alpha value is -4.00. The normalized spacial score (nSPS) is 10.6. The zero-order valence-electron chi connectivity index (χ0n) is 15.6. The van der Waals surface area contributed by atoms with Crippen LogP contribution in [0.15, 0.2) is 73.1 Å². The molecule has 2 aromatic carbocycles. The summed E-state index contributed by atoms with van der Waals surface area (Å²) in [6.45, 7) is 0. The van der Waals surface area contributed by atoms with Gasteiger partial charge in [-0.05, 0) is 42.5 Å². The Bertz CT molecular complexity index is 1120. The zero-order valence-corrected chi connectivity index (χ0v) is 15.6. The number of amides is 2. The van der Waals surface area contributed by atoms with Gasteiger partial charge in [0.25, 0.3) is 5.91 Å². The van der Waals surface area contributed by atoms with Gasteiger partial charge in [-0.15, -0.1) is 0 Å². The van der Waals surface area contributed by atoms with Gasteiger partial charge in [-0.1, -0.05) is 18.2 Å². The monoisotopic (exact) mass is 385 g/mol. The first kappa shape index (κ1) is 18.4. The molecule has 0 atom stereocenters. The number of rotatable bonds is 6. The minimum Gasteiger partial charge on any atom is -0.342 e. The summed E-state index contributed by atoms with van der Waals surface area (Å²) >= 11 is 0. The van der Waals surface area contributed by atoms with Crippen LogP contribution >= 0.6 is 0 Å². The fourth-order valence-electron chi connectivity index (χ4n) is 2.95. The van der Waals surface area contributed by atoms with Crippen molar-refractivity contribution in [3.05, 3.63) is 84.4 Å². The van der Waals surface area contributed by atoms with Gasteiger partial charge in [-0.2, -0.15) is 0 Å². The molecule has 0 aliphatic heterocycles. The second kappa shape index (κ2) is 8.35. The molecular formula is C22H19N5O2. The van der Waals surface area contributed by atoms with Gasteiger partial charge in [0.1, 0.15) is 5.82 Å². The number of anilines is 2. The predicted molar refractivity (Wildman–Crippen MR) is 112 cm³/mol. The predicted octanol–water partition coefficient (Wildman–Crippen LogP) is 3.78. The van der Waals surface area contributed by atoms with Gasteiger partial charge in [0.05, 0.1) is 16.6 Å². The Balaban J connectivity index is 1.34. The second-order valence-electron chi connectivity index (χ2n) is 6.53. The van der Waals surface area contributed by atoms with E-state index in [-0.39, 0.29) is 11.8 Å². The molecule has 0 fully saturated rings. The van der Waals surface area contributed by atoms with Crippen molar-refractivity contribution in [1.82, 2.24) is 15.0 Å². The van der Waals surface area contributed by atoms with Crippen LogP contribution in [0.5, 0.6) is 0 Å². The van der Waals surface area contributed by atoms with Crippen molar-refractivity contribution < 1.29 is 9.59 Å². The third kappa shape index (κ3) is 4.65. The van der Waals surface area contributed by atoms with E-state index in [1.165, 1.54) is 6.20 Å². The van der Waals surface area contributed by atoms with Crippen LogP contribution in [-0.2, 0) is 11.2 Å². The van der Waals surface area contributed by atoms with Crippen LogP contribution in [0.1, 0.15) is 22.6 Å². The third-order valence-corrected chi connectivity index (χ3v) is 4.36. The minimum atomic E-state index is -0.258. The van der Waals surface area contributed by atoms with E-state index in [4.69, 9.17) is 0 Å². The lowest BCUT2D eigenvalue weighted by Gasteiger charge is -2.08. The molecule has 0 saturated heterocycles. The first-order valence-corrected chi connectivity index (χ1v) is 9.22. The Kier molecular flexibility index (Phi) is 5.29. The van der Waals surface area contributed by atoms with Crippen molar-refractivity contribution in [2.75, 3.05) is 10.6 Å². The van der Waals surface area contributed by atoms with Crippen LogP contribution in [0.25, 0.3) is 11.0 Å². The number of hydrogen-bond acceptors (Lipinski definition) is 4. The molecule has 2 amide bonds. The Morgan fingerprint density at radius 2 is 1.76 bits per heavy atom. The summed E-state index contributed by atoms with van der Waals surface area (Å²) in [6.07, 6.45) is 3.92. The number of fused-ring (bicyclic) bond motifs is 1. The van der Waals surface area contributed by atoms with E-state index < -0.39 is 0 Å². The van der Waals surface area contributed by atoms with Gasteiger partial charge in [0.2, 0.25) is 5.91 Å². The summed E-state index contributed by atoms with van der Waals surface area (Å²) in [6, 6.07) is 18.2. The molecule has 144 valence electrons. The van der Waals surface area contributed by atoms with Gasteiger partial charge in [0, 0.05) is 36.6 Å². The van der Waals surface area contributed by atoms with Crippen molar-refractivity contribution in [2.24, 2.45) is 0 Å². The maximum atomic E-state index is 12.3. The average Bonchev–Trinajstić information content (AvgIpc) is 3.16. The number of nitrogens with zero attached hydrogens (tertiary/aromatic N) is 2. The molecule has 2 aromatic heterocycles. The molecule has 0 saturated carbocycles. The van der Waals surface area contributed by atoms with Crippen LogP contribution in [-0.4, -0.2) is 26.8 Å². The first-order valence-electron chi connectivity index (χ1n) is 9.22. The van der Waals surface area contributed by atoms with Crippen molar-refractivity contribution in [3.63, 3.8) is 0 Å². The number of H-pyrrole nitrogens is 1. The molecule has 3 N–H and O–H groups in total. The van der Waals surface area contributed by atoms with E-state index in [1.54, 1.807) is 42.6 Å². The molecule has 0 radical (unpaired) electrons. The maximum Gasteiger partial charge on any atom is 0.257 e. The topological polar surface area (TPSA) is 99.8 Å². The second-order valence-corrected chi connectivity index (χ2v) is 6.53. The maximum absolute atomic E-state index is 12.3. The van der Waals surface area contributed by atoms with Gasteiger partial charge in [-0.3, -0.25) is 14.6 Å². The number of benzene rings is 2. The number of nitrogens with one attached hydrogen (secondary N) is 3. The summed E-state index contributed by atoms with van der Waals surface area (Å²) in [5.74, 6) is 0.395. The van der Waals surface area contributed by atoms with E-state index >= 15 is 0 Å². The quantitative estimate of drug-likeness (QED) is 0.470. The van der Waals surface area contributed by atoms with Gasteiger partial charge in [0.15, 0.2) is 0 Å². The highest BCUT2D eigenvalue weighted by atomic mass is 16.2. The number of pyridine rings is 1. The molecule has 0 aliphatic rings. The summed E-state index contributed by atoms with van der Waals surface area (Å²) in [7, 11) is 0. The van der Waals surface area contributed by atoms with Crippen molar-refractivity contribution in [3.8, 4) is 0 Å². The number of para-hydroxylation sites is 2. The smallest absolute Gasteiger partial charge is 0.257 e. The van der Waals surface area contributed by atoms with Crippen LogP contribution in [0.4, 0.5) is 11.4 Å². The Morgan fingerprint density at radius 1 is 0.931 bits per heavy atom. The van der Waals surface area contributed by atoms with E-state index in [0.717, 1.165) is 16.9 Å². The van der Waals surface area contributed by atoms with Crippen LogP contribution < -0.4 is 10.6 Å². The molecule has 0 aliphatic carbocycles. The fourth-order valence-corrected chi connectivity index (χ4v) is 2.95. The van der Waals surface area contributed by atoms with Crippen LogP contribution in [0.3, 0.4) is 0 Å². The lowest BCUT2D eigenvalue weighted by molar-refractivity contribution is -0.116. The van der Waals surface area contributed by atoms with Gasteiger partial charge >= 0.3 is 0 Å². The number of aromatic amines is 1. The molecule has 7 nitrogen and oxygen atoms in total. The number of hydrogen-bond donors (Lipinski definition) is 3. The van der Waals surface area contributed by atoms with Gasteiger partial charge in [-0.25, -0.2) is 4.98 Å². The molecular weight excluding hydrogens is 366 g/mol. The number of carbonyl (C=O) groups is 2. The van der Waals surface area contributed by atoms with Crippen LogP contribution in [0.2, 0.25) is 0 Å². The third-order valence-electron chi connectivity index (χ3n) is 4.36.